The van der Waals surface area contributed by atoms with Crippen LogP contribution in [0.1, 0.15) is 38.2 Å². The minimum Gasteiger partial charge on any atom is -0.385 e. The van der Waals surface area contributed by atoms with Crippen LogP contribution in [0, 0.1) is 0 Å². The van der Waals surface area contributed by atoms with Crippen LogP contribution in [0.4, 0.5) is 5.69 Å². The SMILES string of the molecule is CCNc1ccnc(C(=O)N2CC(C)OC(C)(C)C2)c1. The minimum absolute atomic E-state index is 0.0343. The molecule has 1 aliphatic rings. The Labute approximate surface area is 120 Å². The number of aromatic nitrogens is 1. The Balaban J connectivity index is 2.16. The second-order valence-corrected chi connectivity index (χ2v) is 5.83. The van der Waals surface area contributed by atoms with E-state index in [0.29, 0.717) is 18.8 Å². The first-order valence-corrected chi connectivity index (χ1v) is 7.08. The molecule has 0 bridgehead atoms. The molecule has 0 aliphatic carbocycles. The van der Waals surface area contributed by atoms with Crippen molar-refractivity contribution in [3.63, 3.8) is 0 Å². The van der Waals surface area contributed by atoms with Crippen LogP contribution in [0.15, 0.2) is 18.3 Å². The standard InChI is InChI=1S/C15H23N3O2/c1-5-16-12-6-7-17-13(8-12)14(19)18-9-11(2)20-15(3,4)10-18/h6-8,11H,5,9-10H2,1-4H3,(H,16,17). The smallest absolute Gasteiger partial charge is 0.272 e. The summed E-state index contributed by atoms with van der Waals surface area (Å²) in [5.41, 5.74) is 1.09. The molecule has 2 heterocycles. The van der Waals surface area contributed by atoms with Gasteiger partial charge in [0.05, 0.1) is 11.7 Å². The van der Waals surface area contributed by atoms with E-state index in [-0.39, 0.29) is 17.6 Å². The fraction of sp³-hybridized carbons (Fsp3) is 0.600. The third-order valence-corrected chi connectivity index (χ3v) is 3.22. The Hall–Kier alpha value is -1.62. The van der Waals surface area contributed by atoms with E-state index in [1.54, 1.807) is 12.3 Å². The molecule has 2 rings (SSSR count). The Bertz CT molecular complexity index is 488. The summed E-state index contributed by atoms with van der Waals surface area (Å²) < 4.78 is 5.83. The van der Waals surface area contributed by atoms with Gasteiger partial charge >= 0.3 is 0 Å². The molecule has 1 atom stereocenters. The fourth-order valence-corrected chi connectivity index (χ4v) is 2.63. The zero-order chi connectivity index (χ0) is 14.8. The lowest BCUT2D eigenvalue weighted by atomic mass is 10.1. The van der Waals surface area contributed by atoms with Gasteiger partial charge in [-0.05, 0) is 39.8 Å². The number of rotatable bonds is 3. The van der Waals surface area contributed by atoms with Crippen LogP contribution in [0.5, 0.6) is 0 Å². The van der Waals surface area contributed by atoms with Crippen molar-refractivity contribution < 1.29 is 9.53 Å². The van der Waals surface area contributed by atoms with Gasteiger partial charge in [-0.25, -0.2) is 0 Å². The molecule has 5 nitrogen and oxygen atoms in total. The van der Waals surface area contributed by atoms with E-state index in [4.69, 9.17) is 4.74 Å². The molecule has 20 heavy (non-hydrogen) atoms. The highest BCUT2D eigenvalue weighted by Crippen LogP contribution is 2.22. The highest BCUT2D eigenvalue weighted by molar-refractivity contribution is 5.93. The summed E-state index contributed by atoms with van der Waals surface area (Å²) in [6.45, 7) is 10.0. The van der Waals surface area contributed by atoms with E-state index in [1.165, 1.54) is 0 Å². The zero-order valence-electron chi connectivity index (χ0n) is 12.6. The molecule has 1 aromatic rings. The van der Waals surface area contributed by atoms with Crippen LogP contribution >= 0.6 is 0 Å². The van der Waals surface area contributed by atoms with E-state index in [0.717, 1.165) is 12.2 Å². The summed E-state index contributed by atoms with van der Waals surface area (Å²) in [4.78, 5) is 18.6. The number of amides is 1. The van der Waals surface area contributed by atoms with E-state index >= 15 is 0 Å². The number of hydrogen-bond donors (Lipinski definition) is 1. The van der Waals surface area contributed by atoms with Gasteiger partial charge in [0.15, 0.2) is 0 Å². The van der Waals surface area contributed by atoms with Crippen molar-refractivity contribution in [2.75, 3.05) is 25.0 Å². The molecule has 1 N–H and O–H groups in total. The lowest BCUT2D eigenvalue weighted by molar-refractivity contribution is -0.118. The third kappa shape index (κ3) is 3.48. The summed E-state index contributed by atoms with van der Waals surface area (Å²) in [6, 6.07) is 3.67. The van der Waals surface area contributed by atoms with Crippen molar-refractivity contribution >= 4 is 11.6 Å². The number of pyridine rings is 1. The molecule has 110 valence electrons. The first-order valence-electron chi connectivity index (χ1n) is 7.08. The van der Waals surface area contributed by atoms with E-state index in [9.17, 15) is 4.79 Å². The third-order valence-electron chi connectivity index (χ3n) is 3.22. The number of nitrogens with one attached hydrogen (secondary N) is 1. The maximum Gasteiger partial charge on any atom is 0.272 e. The lowest BCUT2D eigenvalue weighted by Crippen LogP contribution is -2.53. The van der Waals surface area contributed by atoms with Crippen molar-refractivity contribution in [2.24, 2.45) is 0 Å². The number of carbonyl (C=O) groups excluding carboxylic acids is 1. The second kappa shape index (κ2) is 5.79. The molecule has 1 fully saturated rings. The monoisotopic (exact) mass is 277 g/mol. The first-order chi connectivity index (χ1) is 9.41. The van der Waals surface area contributed by atoms with Crippen molar-refractivity contribution in [3.05, 3.63) is 24.0 Å². The van der Waals surface area contributed by atoms with Crippen LogP contribution in [0.3, 0.4) is 0 Å². The molecule has 1 amide bonds. The Morgan fingerprint density at radius 3 is 3.00 bits per heavy atom. The van der Waals surface area contributed by atoms with Gasteiger partial charge in [0.25, 0.3) is 5.91 Å². The summed E-state index contributed by atoms with van der Waals surface area (Å²) in [7, 11) is 0. The number of anilines is 1. The van der Waals surface area contributed by atoms with Gasteiger partial charge in [0, 0.05) is 31.5 Å². The van der Waals surface area contributed by atoms with Gasteiger partial charge in [0.2, 0.25) is 0 Å². The fourth-order valence-electron chi connectivity index (χ4n) is 2.63. The molecular weight excluding hydrogens is 254 g/mol. The maximum absolute atomic E-state index is 12.6. The first kappa shape index (κ1) is 14.8. The molecule has 0 aromatic carbocycles. The van der Waals surface area contributed by atoms with Crippen LogP contribution in [-0.4, -0.2) is 47.1 Å². The van der Waals surface area contributed by atoms with E-state index in [2.05, 4.69) is 10.3 Å². The Morgan fingerprint density at radius 2 is 2.35 bits per heavy atom. The predicted molar refractivity (Wildman–Crippen MR) is 78.9 cm³/mol. The molecule has 0 saturated carbocycles. The molecule has 0 radical (unpaired) electrons. The predicted octanol–water partition coefficient (Wildman–Crippen LogP) is 2.15. The molecule has 0 spiro atoms. The zero-order valence-corrected chi connectivity index (χ0v) is 12.6. The Morgan fingerprint density at radius 1 is 1.60 bits per heavy atom. The van der Waals surface area contributed by atoms with E-state index in [1.807, 2.05) is 38.7 Å². The molecule has 1 unspecified atom stereocenters. The lowest BCUT2D eigenvalue weighted by Gasteiger charge is -2.41. The number of hydrogen-bond acceptors (Lipinski definition) is 4. The van der Waals surface area contributed by atoms with Crippen LogP contribution in [0.25, 0.3) is 0 Å². The molecule has 1 aromatic heterocycles. The number of ether oxygens (including phenoxy) is 1. The highest BCUT2D eigenvalue weighted by atomic mass is 16.5. The maximum atomic E-state index is 12.6. The van der Waals surface area contributed by atoms with Crippen LogP contribution < -0.4 is 5.32 Å². The molecular formula is C15H23N3O2. The number of morpholine rings is 1. The molecule has 1 saturated heterocycles. The normalized spacial score (nSPS) is 21.6. The number of carbonyl (C=O) groups is 1. The highest BCUT2D eigenvalue weighted by Gasteiger charge is 2.34. The molecule has 1 aliphatic heterocycles. The van der Waals surface area contributed by atoms with Crippen molar-refractivity contribution in [1.82, 2.24) is 9.88 Å². The van der Waals surface area contributed by atoms with Gasteiger partial charge in [-0.1, -0.05) is 0 Å². The van der Waals surface area contributed by atoms with Gasteiger partial charge in [-0.2, -0.15) is 0 Å². The van der Waals surface area contributed by atoms with Crippen molar-refractivity contribution in [3.8, 4) is 0 Å². The van der Waals surface area contributed by atoms with Gasteiger partial charge in [-0.3, -0.25) is 9.78 Å². The summed E-state index contributed by atoms with van der Waals surface area (Å²) in [5, 5.41) is 3.20. The summed E-state index contributed by atoms with van der Waals surface area (Å²) >= 11 is 0. The summed E-state index contributed by atoms with van der Waals surface area (Å²) in [6.07, 6.45) is 1.71. The number of nitrogens with zero attached hydrogens (tertiary/aromatic N) is 2. The van der Waals surface area contributed by atoms with Gasteiger partial charge in [0.1, 0.15) is 5.69 Å². The van der Waals surface area contributed by atoms with Gasteiger partial charge < -0.3 is 15.0 Å². The largest absolute Gasteiger partial charge is 0.385 e. The van der Waals surface area contributed by atoms with E-state index < -0.39 is 0 Å². The quantitative estimate of drug-likeness (QED) is 0.920. The summed E-state index contributed by atoms with van der Waals surface area (Å²) in [5.74, 6) is -0.0343. The minimum atomic E-state index is -0.313. The molecule has 5 heteroatoms. The van der Waals surface area contributed by atoms with Crippen molar-refractivity contribution in [1.29, 1.82) is 0 Å². The van der Waals surface area contributed by atoms with Crippen LogP contribution in [-0.2, 0) is 4.74 Å². The Kier molecular flexibility index (Phi) is 4.28. The second-order valence-electron chi connectivity index (χ2n) is 5.83. The topological polar surface area (TPSA) is 54.5 Å². The average Bonchev–Trinajstić information content (AvgIpc) is 2.36. The van der Waals surface area contributed by atoms with Gasteiger partial charge in [-0.15, -0.1) is 0 Å². The van der Waals surface area contributed by atoms with Crippen LogP contribution in [0.2, 0.25) is 0 Å². The van der Waals surface area contributed by atoms with Crippen molar-refractivity contribution in [2.45, 2.75) is 39.4 Å². The average molecular weight is 277 g/mol.